The number of esters is 1. The molecule has 1 saturated carbocycles. The quantitative estimate of drug-likeness (QED) is 0.154. The number of hydrogen-bond acceptors (Lipinski definition) is 6. The molecular formula is C33H38N2O4S. The number of hydrogen-bond donors (Lipinski definition) is 2. The number of thiazole rings is 1. The minimum absolute atomic E-state index is 0.0298. The first-order valence-electron chi connectivity index (χ1n) is 14.0. The van der Waals surface area contributed by atoms with Gasteiger partial charge in [-0.05, 0) is 81.0 Å². The molecular weight excluding hydrogens is 520 g/mol. The molecule has 4 rings (SSSR count). The summed E-state index contributed by atoms with van der Waals surface area (Å²) in [6, 6.07) is 16.9. The molecule has 1 aromatic heterocycles. The molecule has 1 heterocycles. The van der Waals surface area contributed by atoms with Gasteiger partial charge in [0.2, 0.25) is 5.91 Å². The first-order valence-corrected chi connectivity index (χ1v) is 14.8. The molecule has 1 fully saturated rings. The molecule has 1 aliphatic rings. The maximum absolute atomic E-state index is 13.4. The molecule has 3 aromatic rings. The van der Waals surface area contributed by atoms with E-state index in [1.54, 1.807) is 37.3 Å². The summed E-state index contributed by atoms with van der Waals surface area (Å²) in [5, 5.41) is 13.9. The van der Waals surface area contributed by atoms with Crippen LogP contribution in [-0.2, 0) is 20.7 Å². The number of aromatic hydroxyl groups is 1. The van der Waals surface area contributed by atoms with Gasteiger partial charge in [0, 0.05) is 11.5 Å². The van der Waals surface area contributed by atoms with Gasteiger partial charge in [-0.15, -0.1) is 11.3 Å². The van der Waals surface area contributed by atoms with E-state index in [0.29, 0.717) is 18.6 Å². The lowest BCUT2D eigenvalue weighted by Gasteiger charge is -2.24. The van der Waals surface area contributed by atoms with Crippen LogP contribution in [0.1, 0.15) is 75.2 Å². The lowest BCUT2D eigenvalue weighted by atomic mass is 9.88. The van der Waals surface area contributed by atoms with E-state index in [9.17, 15) is 14.7 Å². The molecule has 1 amide bonds. The Hall–Kier alpha value is -3.71. The number of carbonyl (C=O) groups excluding carboxylic acids is 2. The highest BCUT2D eigenvalue weighted by Gasteiger charge is 2.27. The van der Waals surface area contributed by atoms with Crippen LogP contribution in [0, 0.1) is 5.92 Å². The molecule has 40 heavy (non-hydrogen) atoms. The molecule has 210 valence electrons. The molecule has 0 unspecified atom stereocenters. The van der Waals surface area contributed by atoms with Gasteiger partial charge in [-0.1, -0.05) is 61.7 Å². The third kappa shape index (κ3) is 7.92. The van der Waals surface area contributed by atoms with Crippen molar-refractivity contribution in [3.05, 3.63) is 88.1 Å². The van der Waals surface area contributed by atoms with Crippen LogP contribution in [0.5, 0.6) is 5.75 Å². The summed E-state index contributed by atoms with van der Waals surface area (Å²) in [5.74, 6) is -0.0125. The summed E-state index contributed by atoms with van der Waals surface area (Å²) in [6.07, 6.45) is 9.55. The van der Waals surface area contributed by atoms with E-state index >= 15 is 0 Å². The standard InChI is InChI=1S/C33H38N2O4S/c1-4-39-33(38)23(3)19-22(2)20-28-30(25-11-7-5-8-12-25)40-32(35-28)29(21-24-15-17-27(36)18-16-24)34-31(37)26-13-9-6-10-14-26/h5,7-8,11-12,15-20,26,29,36H,4,6,9-10,13-14,21H2,1-3H3,(H,34,37)/b22-20+,23-19-/t29-/m0/s1. The number of carbonyl (C=O) groups is 2. The minimum atomic E-state index is -0.336. The van der Waals surface area contributed by atoms with Gasteiger partial charge >= 0.3 is 5.97 Å². The van der Waals surface area contributed by atoms with Crippen LogP contribution in [-0.4, -0.2) is 28.6 Å². The van der Waals surface area contributed by atoms with Crippen LogP contribution >= 0.6 is 11.3 Å². The molecule has 0 bridgehead atoms. The monoisotopic (exact) mass is 558 g/mol. The maximum atomic E-state index is 13.4. The number of phenols is 1. The van der Waals surface area contributed by atoms with Crippen molar-refractivity contribution in [2.24, 2.45) is 5.92 Å². The van der Waals surface area contributed by atoms with E-state index in [4.69, 9.17) is 9.72 Å². The topological polar surface area (TPSA) is 88.5 Å². The van der Waals surface area contributed by atoms with Crippen LogP contribution < -0.4 is 5.32 Å². The minimum Gasteiger partial charge on any atom is -0.508 e. The molecule has 0 aliphatic heterocycles. The van der Waals surface area contributed by atoms with E-state index in [1.165, 1.54) is 6.42 Å². The average Bonchev–Trinajstić information content (AvgIpc) is 3.38. The number of nitrogens with one attached hydrogen (secondary N) is 1. The Balaban J connectivity index is 1.72. The highest BCUT2D eigenvalue weighted by atomic mass is 32.1. The van der Waals surface area contributed by atoms with Crippen LogP contribution in [0.2, 0.25) is 0 Å². The van der Waals surface area contributed by atoms with Crippen molar-refractivity contribution in [3.63, 3.8) is 0 Å². The molecule has 1 aliphatic carbocycles. The normalized spacial score (nSPS) is 15.5. The Morgan fingerprint density at radius 3 is 2.45 bits per heavy atom. The highest BCUT2D eigenvalue weighted by molar-refractivity contribution is 7.15. The third-order valence-electron chi connectivity index (χ3n) is 7.08. The zero-order chi connectivity index (χ0) is 28.5. The number of phenolic OH excluding ortho intramolecular Hbond substituents is 1. The number of ether oxygens (including phenoxy) is 1. The predicted molar refractivity (Wildman–Crippen MR) is 161 cm³/mol. The largest absolute Gasteiger partial charge is 0.508 e. The van der Waals surface area contributed by atoms with E-state index in [2.05, 4.69) is 17.4 Å². The van der Waals surface area contributed by atoms with Crippen molar-refractivity contribution in [1.82, 2.24) is 10.3 Å². The van der Waals surface area contributed by atoms with Gasteiger partial charge in [0.05, 0.1) is 23.2 Å². The third-order valence-corrected chi connectivity index (χ3v) is 8.31. The van der Waals surface area contributed by atoms with Crippen molar-refractivity contribution in [1.29, 1.82) is 0 Å². The molecule has 0 saturated heterocycles. The molecule has 6 nitrogen and oxygen atoms in total. The summed E-state index contributed by atoms with van der Waals surface area (Å²) in [4.78, 5) is 31.6. The van der Waals surface area contributed by atoms with Crippen LogP contribution in [0.25, 0.3) is 16.5 Å². The van der Waals surface area contributed by atoms with E-state index in [0.717, 1.165) is 58.0 Å². The molecule has 1 atom stereocenters. The molecule has 2 aromatic carbocycles. The Labute approximate surface area is 240 Å². The second-order valence-corrected chi connectivity index (χ2v) is 11.4. The van der Waals surface area contributed by atoms with Crippen molar-refractivity contribution >= 4 is 29.3 Å². The highest BCUT2D eigenvalue weighted by Crippen LogP contribution is 2.36. The summed E-state index contributed by atoms with van der Waals surface area (Å²) in [7, 11) is 0. The van der Waals surface area contributed by atoms with Crippen molar-refractivity contribution in [2.45, 2.75) is 65.3 Å². The summed E-state index contributed by atoms with van der Waals surface area (Å²) in [5.41, 5.74) is 4.24. The maximum Gasteiger partial charge on any atom is 0.333 e. The summed E-state index contributed by atoms with van der Waals surface area (Å²) < 4.78 is 5.13. The molecule has 0 spiro atoms. The van der Waals surface area contributed by atoms with E-state index in [-0.39, 0.29) is 29.6 Å². The first kappa shape index (κ1) is 29.3. The van der Waals surface area contributed by atoms with E-state index < -0.39 is 0 Å². The molecule has 2 N–H and O–H groups in total. The van der Waals surface area contributed by atoms with E-state index in [1.807, 2.05) is 49.4 Å². The second kappa shape index (κ2) is 14.1. The summed E-state index contributed by atoms with van der Waals surface area (Å²) in [6.45, 7) is 5.80. The zero-order valence-corrected chi connectivity index (χ0v) is 24.3. The van der Waals surface area contributed by atoms with Gasteiger partial charge < -0.3 is 15.2 Å². The van der Waals surface area contributed by atoms with Gasteiger partial charge in [-0.2, -0.15) is 0 Å². The SMILES string of the molecule is CCOC(=O)/C(C)=C\C(C)=C\c1nc([C@H](Cc2ccc(O)cc2)NC(=O)C2CCCCC2)sc1-c1ccccc1. The zero-order valence-electron chi connectivity index (χ0n) is 23.5. The lowest BCUT2D eigenvalue weighted by molar-refractivity contribution is -0.138. The Morgan fingerprint density at radius 2 is 1.77 bits per heavy atom. The van der Waals surface area contributed by atoms with Crippen LogP contribution in [0.3, 0.4) is 0 Å². The van der Waals surface area contributed by atoms with Gasteiger partial charge in [-0.3, -0.25) is 4.79 Å². The number of benzene rings is 2. The van der Waals surface area contributed by atoms with Crippen LogP contribution in [0.4, 0.5) is 0 Å². The number of allylic oxidation sites excluding steroid dienone is 2. The number of nitrogens with zero attached hydrogens (tertiary/aromatic N) is 1. The van der Waals surface area contributed by atoms with Gasteiger partial charge in [0.15, 0.2) is 0 Å². The van der Waals surface area contributed by atoms with Gasteiger partial charge in [-0.25, -0.2) is 9.78 Å². The fourth-order valence-corrected chi connectivity index (χ4v) is 6.12. The van der Waals surface area contributed by atoms with Gasteiger partial charge in [0.25, 0.3) is 0 Å². The number of rotatable bonds is 10. The van der Waals surface area contributed by atoms with Crippen molar-refractivity contribution < 1.29 is 19.4 Å². The first-order chi connectivity index (χ1) is 19.3. The fraction of sp³-hybridized carbons (Fsp3) is 0.364. The van der Waals surface area contributed by atoms with Crippen molar-refractivity contribution in [2.75, 3.05) is 6.61 Å². The molecule has 7 heteroatoms. The Bertz CT molecular complexity index is 1350. The smallest absolute Gasteiger partial charge is 0.333 e. The number of aromatic nitrogens is 1. The van der Waals surface area contributed by atoms with Crippen molar-refractivity contribution in [3.8, 4) is 16.2 Å². The summed E-state index contributed by atoms with van der Waals surface area (Å²) >= 11 is 1.57. The second-order valence-electron chi connectivity index (χ2n) is 10.3. The van der Waals surface area contributed by atoms with Gasteiger partial charge in [0.1, 0.15) is 10.8 Å². The lowest BCUT2D eigenvalue weighted by Crippen LogP contribution is -2.35. The van der Waals surface area contributed by atoms with Crippen LogP contribution in [0.15, 0.2) is 71.8 Å². The average molecular weight is 559 g/mol. The number of amides is 1. The molecule has 0 radical (unpaired) electrons. The Kier molecular flexibility index (Phi) is 10.3. The predicted octanol–water partition coefficient (Wildman–Crippen LogP) is 7.41. The fourth-order valence-electron chi connectivity index (χ4n) is 5.02. The Morgan fingerprint density at radius 1 is 1.07 bits per heavy atom.